The molecule has 1 saturated heterocycles. The second-order valence-electron chi connectivity index (χ2n) is 3.29. The van der Waals surface area contributed by atoms with Gasteiger partial charge in [-0.15, -0.1) is 0 Å². The Hall–Kier alpha value is -0.320. The number of hydrogen-bond donors (Lipinski definition) is 1. The smallest absolute Gasteiger partial charge is 0.187 e. The van der Waals surface area contributed by atoms with Gasteiger partial charge in [-0.05, 0) is 19.4 Å². The van der Waals surface area contributed by atoms with Crippen molar-refractivity contribution in [1.29, 1.82) is 0 Å². The van der Waals surface area contributed by atoms with Crippen molar-refractivity contribution >= 4 is 23.4 Å². The van der Waals surface area contributed by atoms with Gasteiger partial charge in [-0.1, -0.05) is 23.4 Å². The first kappa shape index (κ1) is 10.2. The molecule has 0 aliphatic carbocycles. The van der Waals surface area contributed by atoms with Crippen LogP contribution in [-0.2, 0) is 0 Å². The second kappa shape index (κ2) is 4.96. The maximum absolute atomic E-state index is 5.69. The van der Waals surface area contributed by atoms with Crippen LogP contribution in [0.15, 0.2) is 17.6 Å². The van der Waals surface area contributed by atoms with Crippen molar-refractivity contribution in [3.8, 4) is 0 Å². The van der Waals surface area contributed by atoms with Crippen LogP contribution in [0.25, 0.3) is 0 Å². The zero-order valence-electron chi connectivity index (χ0n) is 7.74. The summed E-state index contributed by atoms with van der Waals surface area (Å²) in [6.07, 6.45) is 5.82. The Morgan fingerprint density at radius 1 is 1.50 bits per heavy atom. The molecule has 1 atom stereocenters. The molecule has 0 radical (unpaired) electrons. The lowest BCUT2D eigenvalue weighted by Crippen LogP contribution is -2.23. The Bertz CT molecular complexity index is 285. The maximum atomic E-state index is 5.69. The number of rotatable bonds is 3. The van der Waals surface area contributed by atoms with Crippen LogP contribution in [0.2, 0.25) is 5.02 Å². The molecule has 0 saturated carbocycles. The predicted octanol–water partition coefficient (Wildman–Crippen LogP) is 1.97. The van der Waals surface area contributed by atoms with Gasteiger partial charge in [0, 0.05) is 11.8 Å². The first-order chi connectivity index (χ1) is 6.84. The van der Waals surface area contributed by atoms with Gasteiger partial charge in [0.05, 0.1) is 17.4 Å². The molecule has 3 nitrogen and oxygen atoms in total. The van der Waals surface area contributed by atoms with E-state index >= 15 is 0 Å². The monoisotopic (exact) mass is 229 g/mol. The van der Waals surface area contributed by atoms with Gasteiger partial charge < -0.3 is 5.32 Å². The molecule has 1 fully saturated rings. The topological polar surface area (TPSA) is 37.8 Å². The van der Waals surface area contributed by atoms with Crippen LogP contribution in [-0.4, -0.2) is 28.3 Å². The number of hydrogen-bond acceptors (Lipinski definition) is 4. The fourth-order valence-electron chi connectivity index (χ4n) is 1.45. The van der Waals surface area contributed by atoms with Crippen molar-refractivity contribution in [3.05, 3.63) is 17.4 Å². The van der Waals surface area contributed by atoms with Gasteiger partial charge in [0.1, 0.15) is 0 Å². The van der Waals surface area contributed by atoms with E-state index in [9.17, 15) is 0 Å². The molecule has 0 amide bonds. The number of aromatic nitrogens is 2. The van der Waals surface area contributed by atoms with Crippen molar-refractivity contribution < 1.29 is 0 Å². The maximum Gasteiger partial charge on any atom is 0.187 e. The van der Waals surface area contributed by atoms with Gasteiger partial charge in [-0.2, -0.15) is 0 Å². The number of halogens is 1. The summed E-state index contributed by atoms with van der Waals surface area (Å²) in [5, 5.41) is 4.84. The summed E-state index contributed by atoms with van der Waals surface area (Å²) in [6.45, 7) is 1.15. The van der Waals surface area contributed by atoms with Crippen LogP contribution < -0.4 is 5.32 Å². The molecule has 0 unspecified atom stereocenters. The molecule has 1 aromatic rings. The highest BCUT2D eigenvalue weighted by molar-refractivity contribution is 7.99. The Morgan fingerprint density at radius 2 is 2.29 bits per heavy atom. The van der Waals surface area contributed by atoms with Crippen molar-refractivity contribution in [3.63, 3.8) is 0 Å². The van der Waals surface area contributed by atoms with E-state index < -0.39 is 0 Å². The zero-order valence-corrected chi connectivity index (χ0v) is 9.31. The van der Waals surface area contributed by atoms with Gasteiger partial charge in [-0.25, -0.2) is 9.97 Å². The fourth-order valence-corrected chi connectivity index (χ4v) is 2.44. The number of thioether (sulfide) groups is 1. The highest BCUT2D eigenvalue weighted by Gasteiger charge is 2.14. The van der Waals surface area contributed by atoms with Crippen LogP contribution in [0, 0.1) is 0 Å². The number of nitrogens with zero attached hydrogens (tertiary/aromatic N) is 2. The minimum Gasteiger partial charge on any atom is -0.313 e. The van der Waals surface area contributed by atoms with E-state index in [1.807, 2.05) is 0 Å². The van der Waals surface area contributed by atoms with E-state index in [1.165, 1.54) is 12.8 Å². The van der Waals surface area contributed by atoms with E-state index in [1.54, 1.807) is 24.2 Å². The lowest BCUT2D eigenvalue weighted by Gasteiger charge is -2.07. The lowest BCUT2D eigenvalue weighted by molar-refractivity contribution is 0.673. The summed E-state index contributed by atoms with van der Waals surface area (Å²) in [4.78, 5) is 8.26. The Labute approximate surface area is 92.7 Å². The average Bonchev–Trinajstić information content (AvgIpc) is 2.70. The normalized spacial score (nSPS) is 21.4. The number of nitrogens with one attached hydrogen (secondary N) is 1. The van der Waals surface area contributed by atoms with Gasteiger partial charge in [0.2, 0.25) is 0 Å². The standard InChI is InChI=1S/C9H12ClN3S/c10-7-4-12-9(13-5-7)14-6-8-2-1-3-11-8/h4-5,8,11H,1-3,6H2/t8-/m1/s1. The SMILES string of the molecule is Clc1cnc(SC[C@H]2CCCN2)nc1. The molecule has 14 heavy (non-hydrogen) atoms. The highest BCUT2D eigenvalue weighted by atomic mass is 35.5. The first-order valence-corrected chi connectivity index (χ1v) is 6.05. The van der Waals surface area contributed by atoms with E-state index in [0.717, 1.165) is 17.5 Å². The van der Waals surface area contributed by atoms with Crippen LogP contribution >= 0.6 is 23.4 Å². The molecule has 76 valence electrons. The minimum absolute atomic E-state index is 0.591. The van der Waals surface area contributed by atoms with E-state index in [2.05, 4.69) is 15.3 Å². The lowest BCUT2D eigenvalue weighted by atomic mass is 10.3. The minimum atomic E-state index is 0.591. The zero-order chi connectivity index (χ0) is 9.80. The third-order valence-corrected chi connectivity index (χ3v) is 3.41. The molecule has 1 aliphatic heterocycles. The summed E-state index contributed by atoms with van der Waals surface area (Å²) in [5.41, 5.74) is 0. The van der Waals surface area contributed by atoms with Gasteiger partial charge in [0.15, 0.2) is 5.16 Å². The molecule has 0 bridgehead atoms. The van der Waals surface area contributed by atoms with E-state index in [-0.39, 0.29) is 0 Å². The quantitative estimate of drug-likeness (QED) is 0.636. The highest BCUT2D eigenvalue weighted by Crippen LogP contribution is 2.18. The summed E-state index contributed by atoms with van der Waals surface area (Å²) >= 11 is 7.38. The van der Waals surface area contributed by atoms with Crippen LogP contribution in [0.3, 0.4) is 0 Å². The Morgan fingerprint density at radius 3 is 2.93 bits per heavy atom. The van der Waals surface area contributed by atoms with Gasteiger partial charge in [0.25, 0.3) is 0 Å². The molecular weight excluding hydrogens is 218 g/mol. The second-order valence-corrected chi connectivity index (χ2v) is 4.71. The Kier molecular flexibility index (Phi) is 3.61. The molecule has 0 spiro atoms. The van der Waals surface area contributed by atoms with Gasteiger partial charge in [-0.3, -0.25) is 0 Å². The summed E-state index contributed by atoms with van der Waals surface area (Å²) in [7, 11) is 0. The third-order valence-electron chi connectivity index (χ3n) is 2.17. The van der Waals surface area contributed by atoms with Crippen molar-refractivity contribution in [2.24, 2.45) is 0 Å². The third kappa shape index (κ3) is 2.83. The molecule has 1 aliphatic rings. The summed E-state index contributed by atoms with van der Waals surface area (Å²) < 4.78 is 0. The van der Waals surface area contributed by atoms with E-state index in [4.69, 9.17) is 11.6 Å². The average molecular weight is 230 g/mol. The molecule has 1 N–H and O–H groups in total. The summed E-state index contributed by atoms with van der Waals surface area (Å²) in [6, 6.07) is 0.624. The van der Waals surface area contributed by atoms with Crippen molar-refractivity contribution in [2.45, 2.75) is 24.0 Å². The molecule has 5 heteroatoms. The fraction of sp³-hybridized carbons (Fsp3) is 0.556. The Balaban J connectivity index is 1.82. The molecule has 1 aromatic heterocycles. The van der Waals surface area contributed by atoms with Crippen LogP contribution in [0.4, 0.5) is 0 Å². The van der Waals surface area contributed by atoms with Gasteiger partial charge >= 0.3 is 0 Å². The summed E-state index contributed by atoms with van der Waals surface area (Å²) in [5.74, 6) is 1.04. The predicted molar refractivity (Wildman–Crippen MR) is 58.8 cm³/mol. The molecule has 2 heterocycles. The first-order valence-electron chi connectivity index (χ1n) is 4.68. The largest absolute Gasteiger partial charge is 0.313 e. The van der Waals surface area contributed by atoms with Crippen LogP contribution in [0.1, 0.15) is 12.8 Å². The molecular formula is C9H12ClN3S. The van der Waals surface area contributed by atoms with E-state index in [0.29, 0.717) is 11.1 Å². The van der Waals surface area contributed by atoms with Crippen molar-refractivity contribution in [1.82, 2.24) is 15.3 Å². The molecule has 0 aromatic carbocycles. The van der Waals surface area contributed by atoms with Crippen molar-refractivity contribution in [2.75, 3.05) is 12.3 Å². The molecule has 2 rings (SSSR count). The van der Waals surface area contributed by atoms with Crippen LogP contribution in [0.5, 0.6) is 0 Å².